The van der Waals surface area contributed by atoms with Gasteiger partial charge in [0.2, 0.25) is 0 Å². The van der Waals surface area contributed by atoms with Gasteiger partial charge in [0.05, 0.1) is 61.9 Å². The Morgan fingerprint density at radius 3 is 1.14 bits per heavy atom. The zero-order chi connectivity index (χ0) is 77.6. The SMILES string of the molecule is CC#CC(=O)N1CCC2(CC(n3nc(-c4cnn(Cc5ccc(F)c(C(F)(F)F)c5)c4)c(C(N)=O)c3N)C2)C1.CC#CC(=O)N1CCC2(CC(n3nc(-c4cnn(Cc5ccc(F)cc5)c4)c(C(N)=O)c3N)C2)C1.CC#CC(=O)N1CCC2(CC(n3nc(-c4cnn(Cc5cccc(F)c5)c4)c(C(N)=O)c3N)C2)C1. The van der Waals surface area contributed by atoms with E-state index in [4.69, 9.17) is 34.4 Å². The summed E-state index contributed by atoms with van der Waals surface area (Å²) < 4.78 is 89.2. The van der Waals surface area contributed by atoms with E-state index in [0.29, 0.717) is 93.3 Å². The zero-order valence-corrected chi connectivity index (χ0v) is 59.7. The van der Waals surface area contributed by atoms with Crippen LogP contribution in [-0.4, -0.2) is 148 Å². The molecule has 6 fully saturated rings. The van der Waals surface area contributed by atoms with E-state index in [1.807, 2.05) is 6.07 Å². The van der Waals surface area contributed by atoms with Gasteiger partial charge in [-0.25, -0.2) is 27.2 Å². The lowest BCUT2D eigenvalue weighted by Crippen LogP contribution is -2.42. The average molecular weight is 1490 g/mol. The number of carbonyl (C=O) groups excluding carboxylic acids is 6. The van der Waals surface area contributed by atoms with Gasteiger partial charge in [-0.05, 0) is 166 Å². The molecule has 27 nitrogen and oxygen atoms in total. The predicted molar refractivity (Wildman–Crippen MR) is 387 cm³/mol. The second-order valence-corrected chi connectivity index (χ2v) is 28.8. The number of primary amides is 3. The lowest BCUT2D eigenvalue weighted by molar-refractivity contribution is -0.140. The number of carbonyl (C=O) groups is 6. The summed E-state index contributed by atoms with van der Waals surface area (Å²) >= 11 is 0. The third-order valence-electron chi connectivity index (χ3n) is 21.4. The number of nitrogens with zero attached hydrogens (tertiary/aromatic N) is 15. The van der Waals surface area contributed by atoms with Crippen molar-refractivity contribution in [2.24, 2.45) is 33.4 Å². The number of nitrogens with two attached hydrogens (primary N) is 6. The van der Waals surface area contributed by atoms with E-state index >= 15 is 0 Å². The van der Waals surface area contributed by atoms with Gasteiger partial charge < -0.3 is 49.1 Å². The van der Waals surface area contributed by atoms with Crippen molar-refractivity contribution >= 4 is 52.9 Å². The topological polar surface area (TPSA) is 375 Å². The molecule has 3 aliphatic carbocycles. The molecule has 3 aromatic carbocycles. The molecule has 6 aliphatic rings. The van der Waals surface area contributed by atoms with Crippen LogP contribution in [0.5, 0.6) is 0 Å². The van der Waals surface area contributed by atoms with E-state index in [-0.39, 0.29) is 116 Å². The van der Waals surface area contributed by atoms with Gasteiger partial charge >= 0.3 is 6.18 Å². The smallest absolute Gasteiger partial charge is 0.383 e. The van der Waals surface area contributed by atoms with Gasteiger partial charge in [0.25, 0.3) is 35.4 Å². The van der Waals surface area contributed by atoms with Crippen molar-refractivity contribution in [3.63, 3.8) is 0 Å². The number of anilines is 3. The summed E-state index contributed by atoms with van der Waals surface area (Å²) in [7, 11) is 0. The molecule has 9 aromatic rings. The molecule has 33 heteroatoms. The normalized spacial score (nSPS) is 20.8. The number of hydrogen-bond acceptors (Lipinski definition) is 15. The van der Waals surface area contributed by atoms with Gasteiger partial charge in [0.15, 0.2) is 0 Å². The molecule has 12 N–H and O–H groups in total. The molecule has 3 saturated heterocycles. The van der Waals surface area contributed by atoms with Crippen molar-refractivity contribution in [2.75, 3.05) is 56.5 Å². The molecule has 6 amide bonds. The largest absolute Gasteiger partial charge is 0.419 e. The van der Waals surface area contributed by atoms with Crippen LogP contribution in [-0.2, 0) is 40.2 Å². The van der Waals surface area contributed by atoms with Crippen LogP contribution in [0.25, 0.3) is 33.8 Å². The summed E-state index contributed by atoms with van der Waals surface area (Å²) in [5.74, 6) is 11.8. The first-order valence-corrected chi connectivity index (χ1v) is 35.1. The number of halogens is 6. The molecular formula is C76H77F6N21O6. The maximum atomic E-state index is 13.6. The molecule has 15 rings (SSSR count). The van der Waals surface area contributed by atoms with E-state index in [1.54, 1.807) is 102 Å². The molecule has 0 bridgehead atoms. The maximum Gasteiger partial charge on any atom is 0.419 e. The van der Waals surface area contributed by atoms with Gasteiger partial charge in [-0.1, -0.05) is 48.1 Å². The van der Waals surface area contributed by atoms with E-state index in [0.717, 1.165) is 68.2 Å². The summed E-state index contributed by atoms with van der Waals surface area (Å²) in [6.45, 7) is 9.61. The number of benzene rings is 3. The summed E-state index contributed by atoms with van der Waals surface area (Å²) in [5, 5.41) is 26.8. The van der Waals surface area contributed by atoms with Gasteiger partial charge in [-0.2, -0.15) is 43.8 Å². The van der Waals surface area contributed by atoms with Crippen LogP contribution in [0.2, 0.25) is 0 Å². The molecule has 6 aromatic heterocycles. The lowest BCUT2D eigenvalue weighted by Gasteiger charge is -2.45. The Hall–Kier alpha value is -12.6. The van der Waals surface area contributed by atoms with E-state index in [2.05, 4.69) is 66.1 Å². The average Bonchev–Trinajstić information content (AvgIpc) is 1.61. The predicted octanol–water partition coefficient (Wildman–Crippen LogP) is 7.59. The second kappa shape index (κ2) is 29.6. The van der Waals surface area contributed by atoms with Crippen LogP contribution in [0.15, 0.2) is 104 Å². The first kappa shape index (κ1) is 74.7. The molecule has 0 atom stereocenters. The molecule has 3 spiro atoms. The van der Waals surface area contributed by atoms with Crippen LogP contribution in [0.4, 0.5) is 43.8 Å². The first-order valence-electron chi connectivity index (χ1n) is 35.1. The Morgan fingerprint density at radius 2 is 0.807 bits per heavy atom. The minimum atomic E-state index is -4.83. The van der Waals surface area contributed by atoms with E-state index in [9.17, 15) is 55.1 Å². The lowest BCUT2D eigenvalue weighted by atomic mass is 9.65. The van der Waals surface area contributed by atoms with Crippen LogP contribution in [0.1, 0.15) is 150 Å². The zero-order valence-electron chi connectivity index (χ0n) is 59.7. The van der Waals surface area contributed by atoms with Crippen molar-refractivity contribution in [3.05, 3.63) is 160 Å². The third-order valence-corrected chi connectivity index (χ3v) is 21.4. The van der Waals surface area contributed by atoms with Gasteiger partial charge in [-0.15, -0.1) is 0 Å². The standard InChI is InChI=1S/C26H25F4N7O2.2C25H26FN7O2/c1-2-3-20(38)35-7-6-25(14-35)9-17(10-25)37-23(31)21(24(32)39)22(34-37)16-11-33-36(13-16)12-15-4-5-19(27)18(8-15)26(28,29)30;1-2-4-20(34)31-8-7-25(15-31)10-19(11-25)33-23(27)21(24(28)35)22(30-33)17-12-29-32(14-17)13-16-5-3-6-18(26)9-16;1-2-3-20(34)31-9-8-25(15-31)10-19(11-25)33-23(27)21(24(28)35)22(30-33)17-12-29-32(14-17)13-16-4-6-18(26)7-5-16/h4-5,8,11,13,17H,6-7,9-10,12,14,31H2,1H3,(H2,32,39);3,5-6,9,12,14,19H,7-8,10-11,13,15,27H2,1H3,(H2,28,35);4-7,12,14,19H,8-11,13,15,27H2,1H3,(H2,28,35). The fourth-order valence-electron chi connectivity index (χ4n) is 16.1. The van der Waals surface area contributed by atoms with Crippen molar-refractivity contribution in [1.29, 1.82) is 0 Å². The third kappa shape index (κ3) is 15.3. The van der Waals surface area contributed by atoms with Crippen LogP contribution >= 0.6 is 0 Å². The first-order chi connectivity index (χ1) is 52.0. The number of alkyl halides is 3. The van der Waals surface area contributed by atoms with E-state index < -0.39 is 35.3 Å². The van der Waals surface area contributed by atoms with E-state index in [1.165, 1.54) is 47.4 Å². The van der Waals surface area contributed by atoms with Crippen molar-refractivity contribution in [3.8, 4) is 69.3 Å². The van der Waals surface area contributed by atoms with Crippen molar-refractivity contribution < 1.29 is 55.1 Å². The highest BCUT2D eigenvalue weighted by Crippen LogP contribution is 2.57. The maximum absolute atomic E-state index is 13.6. The molecular weight excluding hydrogens is 1420 g/mol. The highest BCUT2D eigenvalue weighted by molar-refractivity contribution is 6.05. The Kier molecular flexibility index (Phi) is 20.3. The Bertz CT molecular complexity index is 5280. The molecule has 0 radical (unpaired) electrons. The fourth-order valence-corrected chi connectivity index (χ4v) is 16.1. The number of likely N-dealkylation sites (tertiary alicyclic amines) is 3. The number of rotatable bonds is 15. The molecule has 3 aliphatic heterocycles. The van der Waals surface area contributed by atoms with Crippen LogP contribution < -0.4 is 34.4 Å². The monoisotopic (exact) mass is 1490 g/mol. The molecule has 9 heterocycles. The Morgan fingerprint density at radius 1 is 0.468 bits per heavy atom. The second-order valence-electron chi connectivity index (χ2n) is 28.8. The number of nitrogen functional groups attached to an aromatic ring is 3. The summed E-state index contributed by atoms with van der Waals surface area (Å²) in [6.07, 6.45) is 12.1. The highest BCUT2D eigenvalue weighted by Gasteiger charge is 2.54. The minimum absolute atomic E-state index is 0.0106. The van der Waals surface area contributed by atoms with Crippen molar-refractivity contribution in [1.82, 2.24) is 73.4 Å². The summed E-state index contributed by atoms with van der Waals surface area (Å²) in [5.41, 5.74) is 39.4. The molecule has 0 unspecified atom stereocenters. The number of aromatic nitrogens is 12. The van der Waals surface area contributed by atoms with Gasteiger partial charge in [0.1, 0.15) is 68.7 Å². The summed E-state index contributed by atoms with van der Waals surface area (Å²) in [4.78, 5) is 78.6. The fraction of sp³-hybridized carbons (Fsp3) is 0.368. The number of hydrogen-bond donors (Lipinski definition) is 6. The quantitative estimate of drug-likeness (QED) is 0.0425. The van der Waals surface area contributed by atoms with Crippen molar-refractivity contribution in [2.45, 2.75) is 122 Å². The Balaban J connectivity index is 0.000000144. The highest BCUT2D eigenvalue weighted by atomic mass is 19.4. The van der Waals surface area contributed by atoms with Gasteiger partial charge in [-0.3, -0.25) is 42.8 Å². The van der Waals surface area contributed by atoms with Crippen LogP contribution in [0, 0.1) is 69.2 Å². The summed E-state index contributed by atoms with van der Waals surface area (Å²) in [6, 6.07) is 15.1. The van der Waals surface area contributed by atoms with Gasteiger partial charge in [0, 0.05) is 74.5 Å². The molecule has 109 heavy (non-hydrogen) atoms. The number of amides is 6. The Labute approximate surface area is 620 Å². The minimum Gasteiger partial charge on any atom is -0.383 e. The molecule has 3 saturated carbocycles. The van der Waals surface area contributed by atoms with Crippen LogP contribution in [0.3, 0.4) is 0 Å². The molecule has 564 valence electrons.